The van der Waals surface area contributed by atoms with Crippen LogP contribution in [-0.2, 0) is 6.42 Å². The molecule has 78 valence electrons. The summed E-state index contributed by atoms with van der Waals surface area (Å²) in [4.78, 5) is 1.30. The second-order valence-corrected chi connectivity index (χ2v) is 5.04. The summed E-state index contributed by atoms with van der Waals surface area (Å²) < 4.78 is 14.1. The van der Waals surface area contributed by atoms with E-state index >= 15 is 0 Å². The van der Waals surface area contributed by atoms with E-state index in [-0.39, 0.29) is 0 Å². The maximum Gasteiger partial charge on any atom is 0.123 e. The monoisotopic (exact) mass is 213 g/mol. The summed E-state index contributed by atoms with van der Waals surface area (Å²) in [6.45, 7) is 1.52. The Kier molecular flexibility index (Phi) is 3.19. The molecule has 2 heterocycles. The van der Waals surface area contributed by atoms with Gasteiger partial charge in [0, 0.05) is 11.4 Å². The van der Waals surface area contributed by atoms with Crippen LogP contribution >= 0.6 is 11.3 Å². The van der Waals surface area contributed by atoms with E-state index in [1.54, 1.807) is 11.3 Å². The zero-order valence-corrected chi connectivity index (χ0v) is 9.08. The van der Waals surface area contributed by atoms with Crippen molar-refractivity contribution in [2.45, 2.75) is 31.4 Å². The smallest absolute Gasteiger partial charge is 0.123 e. The molecular formula is C11H16FNS. The van der Waals surface area contributed by atoms with Gasteiger partial charge in [-0.05, 0) is 43.7 Å². The minimum atomic E-state index is -0.956. The van der Waals surface area contributed by atoms with Gasteiger partial charge in [0.15, 0.2) is 0 Å². The molecule has 1 aromatic rings. The van der Waals surface area contributed by atoms with Crippen LogP contribution in [0.15, 0.2) is 17.5 Å². The molecule has 1 N–H and O–H groups in total. The van der Waals surface area contributed by atoms with Crippen molar-refractivity contribution in [1.82, 2.24) is 5.32 Å². The molecule has 1 saturated heterocycles. The highest BCUT2D eigenvalue weighted by molar-refractivity contribution is 7.09. The molecule has 1 unspecified atom stereocenters. The lowest BCUT2D eigenvalue weighted by atomic mass is 9.91. The van der Waals surface area contributed by atoms with Gasteiger partial charge in [-0.25, -0.2) is 4.39 Å². The van der Waals surface area contributed by atoms with Crippen LogP contribution < -0.4 is 5.32 Å². The molecule has 2 rings (SSSR count). The Morgan fingerprint density at radius 1 is 1.57 bits per heavy atom. The fraction of sp³-hybridized carbons (Fsp3) is 0.636. The number of piperidine rings is 1. The van der Waals surface area contributed by atoms with Crippen molar-refractivity contribution in [3.8, 4) is 0 Å². The second-order valence-electron chi connectivity index (χ2n) is 4.01. The minimum absolute atomic E-state index is 0.540. The van der Waals surface area contributed by atoms with Crippen molar-refractivity contribution in [1.29, 1.82) is 0 Å². The fourth-order valence-corrected chi connectivity index (χ4v) is 2.66. The molecule has 0 radical (unpaired) electrons. The first-order valence-electron chi connectivity index (χ1n) is 5.21. The first-order chi connectivity index (χ1) is 6.79. The predicted octanol–water partition coefficient (Wildman–Crippen LogP) is 2.77. The van der Waals surface area contributed by atoms with Crippen molar-refractivity contribution in [3.63, 3.8) is 0 Å². The number of alkyl halides is 1. The third kappa shape index (κ3) is 2.55. The molecule has 1 atom stereocenters. The third-order valence-corrected chi connectivity index (χ3v) is 3.76. The molecule has 1 aliphatic heterocycles. The molecule has 14 heavy (non-hydrogen) atoms. The molecule has 1 fully saturated rings. The summed E-state index contributed by atoms with van der Waals surface area (Å²) in [6.07, 6.45) is 3.25. The quantitative estimate of drug-likeness (QED) is 0.814. The van der Waals surface area contributed by atoms with Crippen LogP contribution in [0, 0.1) is 0 Å². The van der Waals surface area contributed by atoms with Gasteiger partial charge < -0.3 is 5.32 Å². The molecule has 1 aliphatic rings. The van der Waals surface area contributed by atoms with Crippen molar-refractivity contribution in [3.05, 3.63) is 22.4 Å². The summed E-state index contributed by atoms with van der Waals surface area (Å²) in [5.41, 5.74) is -0.956. The average Bonchev–Trinajstić information content (AvgIpc) is 2.69. The standard InChI is InChI=1S/C11H16FNS/c12-11(5-2-7-13-9-11)6-4-10-3-1-8-14-10/h1,3,8,13H,2,4-7,9H2. The van der Waals surface area contributed by atoms with Crippen LogP contribution in [0.25, 0.3) is 0 Å². The average molecular weight is 213 g/mol. The number of thiophene rings is 1. The van der Waals surface area contributed by atoms with Gasteiger partial charge in [-0.2, -0.15) is 0 Å². The second kappa shape index (κ2) is 4.41. The summed E-state index contributed by atoms with van der Waals surface area (Å²) in [5, 5.41) is 5.19. The number of rotatable bonds is 3. The van der Waals surface area contributed by atoms with Crippen molar-refractivity contribution in [2.24, 2.45) is 0 Å². The Labute approximate surface area is 88.3 Å². The molecule has 3 heteroatoms. The topological polar surface area (TPSA) is 12.0 Å². The van der Waals surface area contributed by atoms with E-state index in [9.17, 15) is 4.39 Å². The van der Waals surface area contributed by atoms with Gasteiger partial charge in [-0.1, -0.05) is 6.07 Å². The molecule has 0 amide bonds. The summed E-state index contributed by atoms with van der Waals surface area (Å²) in [7, 11) is 0. The van der Waals surface area contributed by atoms with E-state index < -0.39 is 5.67 Å². The van der Waals surface area contributed by atoms with Gasteiger partial charge in [0.1, 0.15) is 5.67 Å². The SMILES string of the molecule is FC1(CCc2cccs2)CCCNC1. The molecule has 0 aliphatic carbocycles. The highest BCUT2D eigenvalue weighted by Gasteiger charge is 2.30. The van der Waals surface area contributed by atoms with Gasteiger partial charge in [0.25, 0.3) is 0 Å². The summed E-state index contributed by atoms with van der Waals surface area (Å²) >= 11 is 1.72. The van der Waals surface area contributed by atoms with Gasteiger partial charge in [0.2, 0.25) is 0 Å². The largest absolute Gasteiger partial charge is 0.314 e. The molecule has 0 spiro atoms. The number of hydrogen-bond donors (Lipinski definition) is 1. The van der Waals surface area contributed by atoms with Crippen LogP contribution in [0.3, 0.4) is 0 Å². The maximum atomic E-state index is 14.1. The van der Waals surface area contributed by atoms with Crippen LogP contribution in [0.4, 0.5) is 4.39 Å². The zero-order chi connectivity index (χ0) is 9.86. The van der Waals surface area contributed by atoms with Gasteiger partial charge in [0.05, 0.1) is 0 Å². The van der Waals surface area contributed by atoms with Crippen LogP contribution in [-0.4, -0.2) is 18.8 Å². The van der Waals surface area contributed by atoms with Gasteiger partial charge in [-0.3, -0.25) is 0 Å². The van der Waals surface area contributed by atoms with Gasteiger partial charge >= 0.3 is 0 Å². The lowest BCUT2D eigenvalue weighted by Crippen LogP contribution is -2.42. The van der Waals surface area contributed by atoms with E-state index in [4.69, 9.17) is 0 Å². The van der Waals surface area contributed by atoms with Crippen LogP contribution in [0.2, 0.25) is 0 Å². The number of nitrogens with one attached hydrogen (secondary N) is 1. The normalized spacial score (nSPS) is 27.8. The van der Waals surface area contributed by atoms with E-state index in [2.05, 4.69) is 16.8 Å². The first-order valence-corrected chi connectivity index (χ1v) is 6.09. The number of halogens is 1. The summed E-state index contributed by atoms with van der Waals surface area (Å²) in [6, 6.07) is 4.12. The Morgan fingerprint density at radius 3 is 3.14 bits per heavy atom. The number of hydrogen-bond acceptors (Lipinski definition) is 2. The highest BCUT2D eigenvalue weighted by Crippen LogP contribution is 2.27. The third-order valence-electron chi connectivity index (χ3n) is 2.82. The molecule has 1 aromatic heterocycles. The Morgan fingerprint density at radius 2 is 2.50 bits per heavy atom. The molecule has 0 saturated carbocycles. The highest BCUT2D eigenvalue weighted by atomic mass is 32.1. The van der Waals surface area contributed by atoms with E-state index in [1.807, 2.05) is 6.07 Å². The first kappa shape index (κ1) is 10.1. The molecular weight excluding hydrogens is 197 g/mol. The lowest BCUT2D eigenvalue weighted by Gasteiger charge is -2.29. The van der Waals surface area contributed by atoms with E-state index in [1.165, 1.54) is 4.88 Å². The molecule has 1 nitrogen and oxygen atoms in total. The minimum Gasteiger partial charge on any atom is -0.314 e. The van der Waals surface area contributed by atoms with Crippen LogP contribution in [0.1, 0.15) is 24.1 Å². The number of aryl methyl sites for hydroxylation is 1. The Hall–Kier alpha value is -0.410. The van der Waals surface area contributed by atoms with Gasteiger partial charge in [-0.15, -0.1) is 11.3 Å². The van der Waals surface area contributed by atoms with Crippen LogP contribution in [0.5, 0.6) is 0 Å². The van der Waals surface area contributed by atoms with E-state index in [0.717, 1.165) is 25.8 Å². The molecule has 0 bridgehead atoms. The lowest BCUT2D eigenvalue weighted by molar-refractivity contribution is 0.112. The Bertz CT molecular complexity index is 265. The van der Waals surface area contributed by atoms with Crippen molar-refractivity contribution >= 4 is 11.3 Å². The molecule has 0 aromatic carbocycles. The van der Waals surface area contributed by atoms with Crippen molar-refractivity contribution < 1.29 is 4.39 Å². The van der Waals surface area contributed by atoms with E-state index in [0.29, 0.717) is 13.0 Å². The predicted molar refractivity (Wildman–Crippen MR) is 58.6 cm³/mol. The summed E-state index contributed by atoms with van der Waals surface area (Å²) in [5.74, 6) is 0. The van der Waals surface area contributed by atoms with Crippen molar-refractivity contribution in [2.75, 3.05) is 13.1 Å². The Balaban J connectivity index is 1.84. The fourth-order valence-electron chi connectivity index (χ4n) is 1.95. The zero-order valence-electron chi connectivity index (χ0n) is 8.26. The maximum absolute atomic E-state index is 14.1.